The summed E-state index contributed by atoms with van der Waals surface area (Å²) in [5.74, 6) is -0.438. The number of benzene rings is 2. The fourth-order valence-electron chi connectivity index (χ4n) is 2.38. The summed E-state index contributed by atoms with van der Waals surface area (Å²) in [4.78, 5) is 27.4. The van der Waals surface area contributed by atoms with Gasteiger partial charge in [-0.25, -0.2) is 0 Å². The Labute approximate surface area is 133 Å². The van der Waals surface area contributed by atoms with Crippen molar-refractivity contribution in [3.63, 3.8) is 0 Å². The standard InChI is InChI=1S/C18H14N2O3/c1-11(21)20-13-8-6-12(7-9-13)19-10-16-17(22)14-4-2-3-5-15(14)18(16)23/h2-10,22H,1H3,(H,20,21). The van der Waals surface area contributed by atoms with Crippen LogP contribution in [0.15, 0.2) is 59.1 Å². The molecule has 114 valence electrons. The van der Waals surface area contributed by atoms with Crippen molar-refractivity contribution in [1.29, 1.82) is 0 Å². The second-order valence-electron chi connectivity index (χ2n) is 5.12. The zero-order valence-electron chi connectivity index (χ0n) is 12.4. The van der Waals surface area contributed by atoms with Crippen molar-refractivity contribution in [3.8, 4) is 0 Å². The molecule has 5 heteroatoms. The maximum atomic E-state index is 12.2. The molecule has 2 N–H and O–H groups in total. The van der Waals surface area contributed by atoms with Crippen LogP contribution >= 0.6 is 0 Å². The largest absolute Gasteiger partial charge is 0.506 e. The number of aliphatic hydroxyl groups excluding tert-OH is 1. The van der Waals surface area contributed by atoms with Crippen LogP contribution < -0.4 is 5.32 Å². The molecule has 1 aliphatic rings. The number of Topliss-reactive ketones (excluding diaryl/α,β-unsaturated/α-hetero) is 1. The molecule has 0 heterocycles. The number of ketones is 1. The van der Waals surface area contributed by atoms with Crippen LogP contribution in [0.25, 0.3) is 5.76 Å². The van der Waals surface area contributed by atoms with Gasteiger partial charge in [0, 0.05) is 30.0 Å². The minimum Gasteiger partial charge on any atom is -0.506 e. The lowest BCUT2D eigenvalue weighted by Gasteiger charge is -2.01. The number of rotatable bonds is 3. The van der Waals surface area contributed by atoms with E-state index in [1.54, 1.807) is 48.5 Å². The van der Waals surface area contributed by atoms with Gasteiger partial charge in [0.2, 0.25) is 5.91 Å². The number of hydrogen-bond acceptors (Lipinski definition) is 4. The van der Waals surface area contributed by atoms with E-state index in [0.717, 1.165) is 0 Å². The van der Waals surface area contributed by atoms with Crippen LogP contribution in [0.3, 0.4) is 0 Å². The Hall–Kier alpha value is -3.21. The van der Waals surface area contributed by atoms with Crippen molar-refractivity contribution in [2.75, 3.05) is 5.32 Å². The number of fused-ring (bicyclic) bond motifs is 1. The Bertz CT molecular complexity index is 849. The van der Waals surface area contributed by atoms with E-state index in [1.807, 2.05) is 0 Å². The van der Waals surface area contributed by atoms with Gasteiger partial charge in [-0.15, -0.1) is 0 Å². The summed E-state index contributed by atoms with van der Waals surface area (Å²) in [6, 6.07) is 13.8. The van der Waals surface area contributed by atoms with E-state index in [4.69, 9.17) is 0 Å². The van der Waals surface area contributed by atoms with Gasteiger partial charge < -0.3 is 10.4 Å². The summed E-state index contributed by atoms with van der Waals surface area (Å²) >= 11 is 0. The first kappa shape index (κ1) is 14.7. The molecule has 0 bridgehead atoms. The third kappa shape index (κ3) is 2.89. The van der Waals surface area contributed by atoms with Crippen LogP contribution in [0, 0.1) is 0 Å². The van der Waals surface area contributed by atoms with Gasteiger partial charge >= 0.3 is 0 Å². The average molecular weight is 306 g/mol. The molecule has 0 saturated heterocycles. The van der Waals surface area contributed by atoms with Crippen molar-refractivity contribution < 1.29 is 14.7 Å². The molecule has 0 radical (unpaired) electrons. The molecule has 1 amide bonds. The topological polar surface area (TPSA) is 78.8 Å². The number of nitrogens with one attached hydrogen (secondary N) is 1. The summed E-state index contributed by atoms with van der Waals surface area (Å²) in [5.41, 5.74) is 2.47. The van der Waals surface area contributed by atoms with Gasteiger partial charge in [-0.1, -0.05) is 24.3 Å². The maximum absolute atomic E-state index is 12.2. The van der Waals surface area contributed by atoms with Crippen LogP contribution in [0.5, 0.6) is 0 Å². The number of amides is 1. The molecule has 0 aliphatic heterocycles. The smallest absolute Gasteiger partial charge is 0.221 e. The molecule has 0 spiro atoms. The summed E-state index contributed by atoms with van der Waals surface area (Å²) in [6.45, 7) is 1.44. The molecule has 2 aromatic rings. The molecular weight excluding hydrogens is 292 g/mol. The minimum atomic E-state index is -0.239. The van der Waals surface area contributed by atoms with Crippen LogP contribution in [0.1, 0.15) is 22.8 Å². The molecule has 0 atom stereocenters. The third-order valence-corrected chi connectivity index (χ3v) is 3.46. The van der Waals surface area contributed by atoms with Crippen molar-refractivity contribution >= 4 is 35.0 Å². The normalized spacial score (nSPS) is 13.5. The molecule has 23 heavy (non-hydrogen) atoms. The van der Waals surface area contributed by atoms with Gasteiger partial charge in [-0.2, -0.15) is 0 Å². The second kappa shape index (κ2) is 5.88. The monoisotopic (exact) mass is 306 g/mol. The predicted octanol–water partition coefficient (Wildman–Crippen LogP) is 3.51. The molecule has 0 saturated carbocycles. The van der Waals surface area contributed by atoms with Crippen LogP contribution in [0.4, 0.5) is 11.4 Å². The highest BCUT2D eigenvalue weighted by Crippen LogP contribution is 2.30. The Balaban J connectivity index is 1.82. The number of allylic oxidation sites excluding steroid dienone is 1. The highest BCUT2D eigenvalue weighted by molar-refractivity contribution is 6.30. The van der Waals surface area contributed by atoms with Gasteiger partial charge in [-0.05, 0) is 24.3 Å². The van der Waals surface area contributed by atoms with E-state index in [9.17, 15) is 14.7 Å². The Morgan fingerprint density at radius 1 is 1.09 bits per heavy atom. The zero-order chi connectivity index (χ0) is 16.4. The first-order chi connectivity index (χ1) is 11.1. The summed E-state index contributed by atoms with van der Waals surface area (Å²) in [7, 11) is 0. The van der Waals surface area contributed by atoms with Crippen molar-refractivity contribution in [2.24, 2.45) is 4.99 Å². The number of carbonyl (C=O) groups is 2. The molecule has 3 rings (SSSR count). The highest BCUT2D eigenvalue weighted by atomic mass is 16.3. The second-order valence-corrected chi connectivity index (χ2v) is 5.12. The van der Waals surface area contributed by atoms with E-state index >= 15 is 0 Å². The molecule has 0 fully saturated rings. The number of carbonyl (C=O) groups excluding carboxylic acids is 2. The van der Waals surface area contributed by atoms with Crippen molar-refractivity contribution in [2.45, 2.75) is 6.92 Å². The first-order valence-corrected chi connectivity index (χ1v) is 7.05. The summed E-state index contributed by atoms with van der Waals surface area (Å²) < 4.78 is 0. The Morgan fingerprint density at radius 3 is 2.35 bits per heavy atom. The summed E-state index contributed by atoms with van der Waals surface area (Å²) in [5, 5.41) is 12.8. The van der Waals surface area contributed by atoms with Crippen LogP contribution in [-0.4, -0.2) is 23.0 Å². The van der Waals surface area contributed by atoms with Crippen LogP contribution in [0.2, 0.25) is 0 Å². The Morgan fingerprint density at radius 2 is 1.74 bits per heavy atom. The predicted molar refractivity (Wildman–Crippen MR) is 89.2 cm³/mol. The summed E-state index contributed by atoms with van der Waals surface area (Å²) in [6.07, 6.45) is 1.37. The van der Waals surface area contributed by atoms with Crippen LogP contribution in [-0.2, 0) is 4.79 Å². The Kier molecular flexibility index (Phi) is 3.76. The van der Waals surface area contributed by atoms with Gasteiger partial charge in [0.1, 0.15) is 5.76 Å². The SMILES string of the molecule is CC(=O)Nc1ccc(N=CC2=C(O)c3ccccc3C2=O)cc1. The quantitative estimate of drug-likeness (QED) is 0.852. The minimum absolute atomic E-state index is 0.0517. The lowest BCUT2D eigenvalue weighted by atomic mass is 10.1. The molecule has 0 aromatic heterocycles. The van der Waals surface area contributed by atoms with E-state index in [1.165, 1.54) is 13.1 Å². The lowest BCUT2D eigenvalue weighted by Crippen LogP contribution is -2.05. The number of nitrogens with zero attached hydrogens (tertiary/aromatic N) is 1. The number of aliphatic hydroxyl groups is 1. The zero-order valence-corrected chi connectivity index (χ0v) is 12.4. The van der Waals surface area contributed by atoms with E-state index in [2.05, 4.69) is 10.3 Å². The number of hydrogen-bond donors (Lipinski definition) is 2. The lowest BCUT2D eigenvalue weighted by molar-refractivity contribution is -0.114. The third-order valence-electron chi connectivity index (χ3n) is 3.46. The fraction of sp³-hybridized carbons (Fsp3) is 0.0556. The van der Waals surface area contributed by atoms with E-state index in [0.29, 0.717) is 22.5 Å². The van der Waals surface area contributed by atoms with Gasteiger partial charge in [0.25, 0.3) is 0 Å². The van der Waals surface area contributed by atoms with Crippen molar-refractivity contribution in [3.05, 3.63) is 65.2 Å². The fourth-order valence-corrected chi connectivity index (χ4v) is 2.38. The molecule has 5 nitrogen and oxygen atoms in total. The van der Waals surface area contributed by atoms with Gasteiger partial charge in [0.15, 0.2) is 5.78 Å². The highest BCUT2D eigenvalue weighted by Gasteiger charge is 2.27. The molecular formula is C18H14N2O3. The van der Waals surface area contributed by atoms with Crippen molar-refractivity contribution in [1.82, 2.24) is 0 Å². The number of aliphatic imine (C=N–C) groups is 1. The van der Waals surface area contributed by atoms with E-state index < -0.39 is 0 Å². The first-order valence-electron chi connectivity index (χ1n) is 7.05. The molecule has 1 aliphatic carbocycles. The van der Waals surface area contributed by atoms with E-state index in [-0.39, 0.29) is 23.0 Å². The van der Waals surface area contributed by atoms with Gasteiger partial charge in [-0.3, -0.25) is 14.6 Å². The number of anilines is 1. The average Bonchev–Trinajstić information content (AvgIpc) is 2.78. The molecule has 2 aromatic carbocycles. The molecule has 0 unspecified atom stereocenters. The van der Waals surface area contributed by atoms with Gasteiger partial charge in [0.05, 0.1) is 11.3 Å². The maximum Gasteiger partial charge on any atom is 0.221 e.